The minimum atomic E-state index is -0.679. The Morgan fingerprint density at radius 3 is 1.17 bits per heavy atom. The van der Waals surface area contributed by atoms with Crippen molar-refractivity contribution in [2.24, 2.45) is 0 Å². The summed E-state index contributed by atoms with van der Waals surface area (Å²) in [4.78, 5) is 24.5. The van der Waals surface area contributed by atoms with Gasteiger partial charge in [0, 0.05) is 12.8 Å². The third-order valence-corrected chi connectivity index (χ3v) is 13.4. The molecule has 0 bridgehead atoms. The highest BCUT2D eigenvalue weighted by atomic mass is 16.5. The van der Waals surface area contributed by atoms with E-state index in [0.717, 1.165) is 77.0 Å². The van der Waals surface area contributed by atoms with Gasteiger partial charge in [0.05, 0.1) is 25.4 Å². The summed E-state index contributed by atoms with van der Waals surface area (Å²) in [6.07, 6.45) is 68.5. The Labute approximate surface area is 411 Å². The second-order valence-corrected chi connectivity index (χ2v) is 20.0. The van der Waals surface area contributed by atoms with Gasteiger partial charge in [-0.15, -0.1) is 0 Å². The molecule has 0 rings (SSSR count). The summed E-state index contributed by atoms with van der Waals surface area (Å²) in [5, 5.41) is 23.3. The number of carbonyl (C=O) groups is 2. The minimum absolute atomic E-state index is 0.0245. The van der Waals surface area contributed by atoms with Crippen molar-refractivity contribution in [1.82, 2.24) is 5.32 Å². The smallest absolute Gasteiger partial charge is 0.305 e. The molecule has 2 atom stereocenters. The molecule has 0 fully saturated rings. The number of aliphatic hydroxyl groups is 2. The molecule has 0 aliphatic carbocycles. The molecule has 0 heterocycles. The molecule has 6 nitrogen and oxygen atoms in total. The molecule has 0 saturated carbocycles. The van der Waals surface area contributed by atoms with Crippen molar-refractivity contribution in [2.75, 3.05) is 13.2 Å². The summed E-state index contributed by atoms with van der Waals surface area (Å²) < 4.78 is 5.46. The topological polar surface area (TPSA) is 95.9 Å². The SMILES string of the molecule is CCCCCCCCC/C=C\CCCCCCCCCC(=O)OCCCCC/C=C\C=C/CCCCCCCCC(=O)NC(CO)C(O)CCCCCCCCCCCCCCCCCC. The van der Waals surface area contributed by atoms with Crippen LogP contribution in [0.2, 0.25) is 0 Å². The fourth-order valence-electron chi connectivity index (χ4n) is 8.92. The number of hydrogen-bond acceptors (Lipinski definition) is 5. The largest absolute Gasteiger partial charge is 0.466 e. The molecular weight excluding hydrogens is 815 g/mol. The third-order valence-electron chi connectivity index (χ3n) is 13.4. The normalized spacial score (nSPS) is 12.8. The number of nitrogens with one attached hydrogen (secondary N) is 1. The fraction of sp³-hybridized carbons (Fsp3) is 0.867. The van der Waals surface area contributed by atoms with Crippen molar-refractivity contribution in [3.05, 3.63) is 36.5 Å². The van der Waals surface area contributed by atoms with Crippen molar-refractivity contribution < 1.29 is 24.5 Å². The molecule has 2 unspecified atom stereocenters. The molecule has 1 amide bonds. The Balaban J connectivity index is 3.51. The molecule has 3 N–H and O–H groups in total. The van der Waals surface area contributed by atoms with Gasteiger partial charge in [0.15, 0.2) is 0 Å². The monoisotopic (exact) mass is 928 g/mol. The maximum atomic E-state index is 12.5. The summed E-state index contributed by atoms with van der Waals surface area (Å²) in [6.45, 7) is 4.90. The maximum absolute atomic E-state index is 12.5. The predicted molar refractivity (Wildman–Crippen MR) is 287 cm³/mol. The van der Waals surface area contributed by atoms with Crippen LogP contribution in [-0.4, -0.2) is 47.4 Å². The van der Waals surface area contributed by atoms with Crippen molar-refractivity contribution in [3.8, 4) is 0 Å². The second-order valence-electron chi connectivity index (χ2n) is 20.0. The average molecular weight is 929 g/mol. The van der Waals surface area contributed by atoms with Gasteiger partial charge in [-0.3, -0.25) is 9.59 Å². The van der Waals surface area contributed by atoms with Crippen molar-refractivity contribution in [2.45, 2.75) is 321 Å². The zero-order chi connectivity index (χ0) is 47.9. The first-order valence-electron chi connectivity index (χ1n) is 29.3. The van der Waals surface area contributed by atoms with Crippen LogP contribution in [0.25, 0.3) is 0 Å². The highest BCUT2D eigenvalue weighted by Crippen LogP contribution is 2.17. The number of esters is 1. The number of aliphatic hydroxyl groups excluding tert-OH is 2. The van der Waals surface area contributed by atoms with E-state index in [4.69, 9.17) is 4.74 Å². The van der Waals surface area contributed by atoms with Gasteiger partial charge in [-0.1, -0.05) is 249 Å². The number of carbonyl (C=O) groups excluding carboxylic acids is 2. The van der Waals surface area contributed by atoms with E-state index in [9.17, 15) is 19.8 Å². The van der Waals surface area contributed by atoms with Gasteiger partial charge < -0.3 is 20.3 Å². The fourth-order valence-corrected chi connectivity index (χ4v) is 8.92. The highest BCUT2D eigenvalue weighted by molar-refractivity contribution is 5.76. The molecule has 0 aliphatic heterocycles. The molecule has 0 aromatic carbocycles. The second kappa shape index (κ2) is 55.7. The molecule has 0 spiro atoms. The summed E-state index contributed by atoms with van der Waals surface area (Å²) in [7, 11) is 0. The summed E-state index contributed by atoms with van der Waals surface area (Å²) in [5.41, 5.74) is 0. The van der Waals surface area contributed by atoms with Crippen molar-refractivity contribution >= 4 is 11.9 Å². The van der Waals surface area contributed by atoms with Gasteiger partial charge in [-0.05, 0) is 83.5 Å². The number of ether oxygens (including phenoxy) is 1. The van der Waals surface area contributed by atoms with E-state index < -0.39 is 12.1 Å². The van der Waals surface area contributed by atoms with Crippen LogP contribution in [0.5, 0.6) is 0 Å². The molecule has 6 heteroatoms. The van der Waals surface area contributed by atoms with Gasteiger partial charge in [0.2, 0.25) is 5.91 Å². The molecule has 388 valence electrons. The van der Waals surface area contributed by atoms with E-state index in [1.54, 1.807) is 0 Å². The molecule has 0 saturated heterocycles. The standard InChI is InChI=1S/C60H113NO5/c1-3-5-7-9-11-13-15-17-19-21-22-26-30-34-38-42-46-50-54-60(65)66-55-51-47-43-39-35-31-27-23-25-29-33-37-41-45-49-53-59(64)61-57(56-62)58(63)52-48-44-40-36-32-28-24-20-18-16-14-12-10-8-6-4-2/h19,21,23,27,31,35,57-58,62-63H,3-18,20,22,24-26,28-30,32-34,36-56H2,1-2H3,(H,61,64)/b21-19-,27-23-,35-31-. The van der Waals surface area contributed by atoms with Gasteiger partial charge in [-0.25, -0.2) is 0 Å². The minimum Gasteiger partial charge on any atom is -0.466 e. The van der Waals surface area contributed by atoms with Gasteiger partial charge in [0.25, 0.3) is 0 Å². The Kier molecular flexibility index (Phi) is 54.1. The van der Waals surface area contributed by atoms with Gasteiger partial charge in [0.1, 0.15) is 0 Å². The van der Waals surface area contributed by atoms with Crippen LogP contribution in [0.3, 0.4) is 0 Å². The van der Waals surface area contributed by atoms with Crippen LogP contribution >= 0.6 is 0 Å². The van der Waals surface area contributed by atoms with Crippen LogP contribution in [0.1, 0.15) is 309 Å². The summed E-state index contributed by atoms with van der Waals surface area (Å²) in [5.74, 6) is -0.0810. The number of amides is 1. The third kappa shape index (κ3) is 51.5. The summed E-state index contributed by atoms with van der Waals surface area (Å²) in [6, 6.07) is -0.559. The van der Waals surface area contributed by atoms with Gasteiger partial charge >= 0.3 is 5.97 Å². The Bertz CT molecular complexity index is 1070. The first kappa shape index (κ1) is 64.1. The zero-order valence-electron chi connectivity index (χ0n) is 44.2. The Hall–Kier alpha value is -1.92. The van der Waals surface area contributed by atoms with E-state index >= 15 is 0 Å². The number of rotatable bonds is 54. The molecule has 0 aliphatic rings. The molecule has 66 heavy (non-hydrogen) atoms. The quantitative estimate of drug-likeness (QED) is 0.0244. The van der Waals surface area contributed by atoms with Crippen LogP contribution in [0, 0.1) is 0 Å². The first-order valence-corrected chi connectivity index (χ1v) is 29.3. The van der Waals surface area contributed by atoms with Gasteiger partial charge in [-0.2, -0.15) is 0 Å². The van der Waals surface area contributed by atoms with Crippen LogP contribution < -0.4 is 5.32 Å². The predicted octanol–water partition coefficient (Wildman–Crippen LogP) is 18.0. The lowest BCUT2D eigenvalue weighted by atomic mass is 10.0. The van der Waals surface area contributed by atoms with E-state index in [1.165, 1.54) is 199 Å². The lowest BCUT2D eigenvalue weighted by molar-refractivity contribution is -0.143. The summed E-state index contributed by atoms with van der Waals surface area (Å²) >= 11 is 0. The van der Waals surface area contributed by atoms with Crippen molar-refractivity contribution in [3.63, 3.8) is 0 Å². The van der Waals surface area contributed by atoms with Crippen molar-refractivity contribution in [1.29, 1.82) is 0 Å². The molecular formula is C60H113NO5. The van der Waals surface area contributed by atoms with Crippen LogP contribution in [0.4, 0.5) is 0 Å². The molecule has 0 radical (unpaired) electrons. The van der Waals surface area contributed by atoms with E-state index in [0.29, 0.717) is 25.9 Å². The average Bonchev–Trinajstić information content (AvgIpc) is 3.32. The van der Waals surface area contributed by atoms with E-state index in [-0.39, 0.29) is 18.5 Å². The number of hydrogen-bond donors (Lipinski definition) is 3. The molecule has 0 aromatic rings. The number of allylic oxidation sites excluding steroid dienone is 6. The van der Waals surface area contributed by atoms with Crippen LogP contribution in [-0.2, 0) is 14.3 Å². The first-order chi connectivity index (χ1) is 32.5. The lowest BCUT2D eigenvalue weighted by Gasteiger charge is -2.22. The lowest BCUT2D eigenvalue weighted by Crippen LogP contribution is -2.45. The highest BCUT2D eigenvalue weighted by Gasteiger charge is 2.20. The maximum Gasteiger partial charge on any atom is 0.305 e. The van der Waals surface area contributed by atoms with E-state index in [1.807, 2.05) is 0 Å². The van der Waals surface area contributed by atoms with E-state index in [2.05, 4.69) is 55.6 Å². The van der Waals surface area contributed by atoms with Crippen LogP contribution in [0.15, 0.2) is 36.5 Å². The Morgan fingerprint density at radius 2 is 0.758 bits per heavy atom. The molecule has 0 aromatic heterocycles. The zero-order valence-corrected chi connectivity index (χ0v) is 44.2. The number of unbranched alkanes of at least 4 members (excludes halogenated alkanes) is 38. The Morgan fingerprint density at radius 1 is 0.424 bits per heavy atom.